The summed E-state index contributed by atoms with van der Waals surface area (Å²) in [6, 6.07) is 9.99. The molecule has 0 radical (unpaired) electrons. The fourth-order valence-corrected chi connectivity index (χ4v) is 3.31. The van der Waals surface area contributed by atoms with Gasteiger partial charge in [-0.15, -0.1) is 0 Å². The first-order valence-corrected chi connectivity index (χ1v) is 8.56. The normalized spacial score (nSPS) is 15.2. The Morgan fingerprint density at radius 3 is 2.60 bits per heavy atom. The lowest BCUT2D eigenvalue weighted by Crippen LogP contribution is -2.39. The maximum atomic E-state index is 12.7. The van der Waals surface area contributed by atoms with Crippen molar-refractivity contribution in [1.82, 2.24) is 9.88 Å². The summed E-state index contributed by atoms with van der Waals surface area (Å²) in [5, 5.41) is 8.89. The van der Waals surface area contributed by atoms with Crippen LogP contribution in [0, 0.1) is 12.8 Å². The number of amides is 1. The van der Waals surface area contributed by atoms with Crippen molar-refractivity contribution in [2.45, 2.75) is 26.2 Å². The monoisotopic (exact) mass is 338 g/mol. The van der Waals surface area contributed by atoms with Crippen LogP contribution in [0.1, 0.15) is 35.2 Å². The summed E-state index contributed by atoms with van der Waals surface area (Å²) in [5.74, 6) is -0.631. The molecule has 5 nitrogen and oxygen atoms in total. The second-order valence-electron chi connectivity index (χ2n) is 6.67. The van der Waals surface area contributed by atoms with Gasteiger partial charge in [0.15, 0.2) is 0 Å². The Hall–Kier alpha value is -2.69. The Labute approximate surface area is 147 Å². The number of carbonyl (C=O) groups excluding carboxylic acids is 1. The smallest absolute Gasteiger partial charge is 0.303 e. The Morgan fingerprint density at radius 2 is 1.92 bits per heavy atom. The second kappa shape index (κ2) is 7.47. The van der Waals surface area contributed by atoms with Crippen LogP contribution in [-0.2, 0) is 4.79 Å². The number of piperidine rings is 1. The number of carbonyl (C=O) groups is 2. The van der Waals surface area contributed by atoms with E-state index in [2.05, 4.69) is 11.1 Å². The van der Waals surface area contributed by atoms with Gasteiger partial charge in [0.2, 0.25) is 0 Å². The summed E-state index contributed by atoms with van der Waals surface area (Å²) >= 11 is 0. The molecule has 1 N–H and O–H groups in total. The van der Waals surface area contributed by atoms with Crippen molar-refractivity contribution in [3.8, 4) is 11.1 Å². The summed E-state index contributed by atoms with van der Waals surface area (Å²) in [5.41, 5.74) is 3.71. The number of hydrogen-bond donors (Lipinski definition) is 1. The number of rotatable bonds is 4. The van der Waals surface area contributed by atoms with Gasteiger partial charge in [0.1, 0.15) is 0 Å². The van der Waals surface area contributed by atoms with Crippen LogP contribution in [0.5, 0.6) is 0 Å². The van der Waals surface area contributed by atoms with Crippen LogP contribution in [0.2, 0.25) is 0 Å². The largest absolute Gasteiger partial charge is 0.481 e. The van der Waals surface area contributed by atoms with Crippen LogP contribution in [0.25, 0.3) is 11.1 Å². The van der Waals surface area contributed by atoms with Crippen molar-refractivity contribution in [3.05, 3.63) is 53.9 Å². The van der Waals surface area contributed by atoms with Gasteiger partial charge in [0.25, 0.3) is 5.91 Å². The number of aromatic nitrogens is 1. The second-order valence-corrected chi connectivity index (χ2v) is 6.67. The first-order chi connectivity index (χ1) is 12.0. The predicted molar refractivity (Wildman–Crippen MR) is 95.3 cm³/mol. The van der Waals surface area contributed by atoms with E-state index in [1.807, 2.05) is 31.2 Å². The molecule has 3 rings (SSSR count). The molecule has 25 heavy (non-hydrogen) atoms. The van der Waals surface area contributed by atoms with Gasteiger partial charge in [-0.05, 0) is 37.3 Å². The standard InChI is InChI=1S/C20H22N2O3/c1-14-3-2-4-16(9-14)17-11-18(13-21-12-17)20(25)22-7-5-15(6-8-22)10-19(23)24/h2-4,9,11-13,15H,5-8,10H2,1H3,(H,23,24). The van der Waals surface area contributed by atoms with Crippen molar-refractivity contribution in [2.75, 3.05) is 13.1 Å². The molecule has 0 spiro atoms. The van der Waals surface area contributed by atoms with Crippen molar-refractivity contribution >= 4 is 11.9 Å². The number of aryl methyl sites for hydroxylation is 1. The summed E-state index contributed by atoms with van der Waals surface area (Å²) in [4.78, 5) is 29.6. The van der Waals surface area contributed by atoms with E-state index in [9.17, 15) is 9.59 Å². The highest BCUT2D eigenvalue weighted by Crippen LogP contribution is 2.24. The zero-order chi connectivity index (χ0) is 17.8. The van der Waals surface area contributed by atoms with E-state index >= 15 is 0 Å². The summed E-state index contributed by atoms with van der Waals surface area (Å²) < 4.78 is 0. The molecule has 0 unspecified atom stereocenters. The molecule has 0 saturated carbocycles. The fraction of sp³-hybridized carbons (Fsp3) is 0.350. The van der Waals surface area contributed by atoms with Crippen LogP contribution < -0.4 is 0 Å². The quantitative estimate of drug-likeness (QED) is 0.928. The van der Waals surface area contributed by atoms with Crippen molar-refractivity contribution in [1.29, 1.82) is 0 Å². The van der Waals surface area contributed by atoms with Crippen LogP contribution in [0.15, 0.2) is 42.7 Å². The van der Waals surface area contributed by atoms with E-state index in [-0.39, 0.29) is 18.2 Å². The Bertz CT molecular complexity index is 780. The lowest BCUT2D eigenvalue weighted by Gasteiger charge is -2.31. The van der Waals surface area contributed by atoms with Gasteiger partial charge < -0.3 is 10.0 Å². The molecule has 1 saturated heterocycles. The number of aliphatic carboxylic acids is 1. The van der Waals surface area contributed by atoms with E-state index in [0.717, 1.165) is 29.5 Å². The van der Waals surface area contributed by atoms with E-state index in [4.69, 9.17) is 5.11 Å². The Balaban J connectivity index is 1.71. The number of nitrogens with zero attached hydrogens (tertiary/aromatic N) is 2. The van der Waals surface area contributed by atoms with Crippen LogP contribution in [0.3, 0.4) is 0 Å². The molecule has 0 aliphatic carbocycles. The maximum absolute atomic E-state index is 12.7. The molecule has 1 aliphatic heterocycles. The van der Waals surface area contributed by atoms with E-state index in [0.29, 0.717) is 18.7 Å². The first-order valence-electron chi connectivity index (χ1n) is 8.56. The predicted octanol–water partition coefficient (Wildman–Crippen LogP) is 3.38. The number of benzene rings is 1. The number of pyridine rings is 1. The average Bonchev–Trinajstić information content (AvgIpc) is 2.61. The Morgan fingerprint density at radius 1 is 1.16 bits per heavy atom. The SMILES string of the molecule is Cc1cccc(-c2cncc(C(=O)N3CCC(CC(=O)O)CC3)c2)c1. The minimum absolute atomic E-state index is 0.0317. The van der Waals surface area contributed by atoms with E-state index < -0.39 is 5.97 Å². The third kappa shape index (κ3) is 4.24. The fourth-order valence-electron chi connectivity index (χ4n) is 3.31. The van der Waals surface area contributed by atoms with E-state index in [1.165, 1.54) is 0 Å². The third-order valence-electron chi connectivity index (χ3n) is 4.70. The molecule has 2 heterocycles. The van der Waals surface area contributed by atoms with E-state index in [1.54, 1.807) is 17.3 Å². The van der Waals surface area contributed by atoms with Gasteiger partial charge in [-0.3, -0.25) is 14.6 Å². The van der Waals surface area contributed by atoms with Gasteiger partial charge in [-0.2, -0.15) is 0 Å². The van der Waals surface area contributed by atoms with Crippen molar-refractivity contribution < 1.29 is 14.7 Å². The molecular weight excluding hydrogens is 316 g/mol. The topological polar surface area (TPSA) is 70.5 Å². The molecule has 5 heteroatoms. The minimum Gasteiger partial charge on any atom is -0.481 e. The number of carboxylic acid groups (broad SMARTS) is 1. The molecule has 1 fully saturated rings. The third-order valence-corrected chi connectivity index (χ3v) is 4.70. The summed E-state index contributed by atoms with van der Waals surface area (Å²) in [6.45, 7) is 3.24. The molecule has 130 valence electrons. The number of hydrogen-bond acceptors (Lipinski definition) is 3. The van der Waals surface area contributed by atoms with Gasteiger partial charge in [0.05, 0.1) is 5.56 Å². The maximum Gasteiger partial charge on any atom is 0.303 e. The lowest BCUT2D eigenvalue weighted by atomic mass is 9.93. The molecular formula is C20H22N2O3. The van der Waals surface area contributed by atoms with Crippen LogP contribution in [-0.4, -0.2) is 40.0 Å². The van der Waals surface area contributed by atoms with Crippen LogP contribution >= 0.6 is 0 Å². The minimum atomic E-state index is -0.764. The highest BCUT2D eigenvalue weighted by Gasteiger charge is 2.25. The zero-order valence-corrected chi connectivity index (χ0v) is 14.3. The van der Waals surface area contributed by atoms with Gasteiger partial charge in [0, 0.05) is 37.5 Å². The van der Waals surface area contributed by atoms with Gasteiger partial charge in [-0.1, -0.05) is 29.8 Å². The average molecular weight is 338 g/mol. The van der Waals surface area contributed by atoms with Gasteiger partial charge in [-0.25, -0.2) is 0 Å². The summed E-state index contributed by atoms with van der Waals surface area (Å²) in [7, 11) is 0. The van der Waals surface area contributed by atoms with Crippen LogP contribution in [0.4, 0.5) is 0 Å². The number of likely N-dealkylation sites (tertiary alicyclic amines) is 1. The van der Waals surface area contributed by atoms with Crippen molar-refractivity contribution in [2.24, 2.45) is 5.92 Å². The molecule has 1 aromatic heterocycles. The number of carboxylic acids is 1. The summed E-state index contributed by atoms with van der Waals surface area (Å²) in [6.07, 6.45) is 5.04. The molecule has 2 aromatic rings. The van der Waals surface area contributed by atoms with Gasteiger partial charge >= 0.3 is 5.97 Å². The highest BCUT2D eigenvalue weighted by molar-refractivity contribution is 5.95. The molecule has 0 atom stereocenters. The highest BCUT2D eigenvalue weighted by atomic mass is 16.4. The molecule has 1 amide bonds. The first kappa shape index (κ1) is 17.1. The van der Waals surface area contributed by atoms with Crippen molar-refractivity contribution in [3.63, 3.8) is 0 Å². The molecule has 1 aromatic carbocycles. The molecule has 1 aliphatic rings. The lowest BCUT2D eigenvalue weighted by molar-refractivity contribution is -0.138. The molecule has 0 bridgehead atoms. The Kier molecular flexibility index (Phi) is 5.12. The zero-order valence-electron chi connectivity index (χ0n) is 14.3.